The van der Waals surface area contributed by atoms with Crippen molar-refractivity contribution in [2.75, 3.05) is 19.6 Å². The Morgan fingerprint density at radius 1 is 0.833 bits per heavy atom. The Bertz CT molecular complexity index is 303. The van der Waals surface area contributed by atoms with Crippen molar-refractivity contribution >= 4 is 21.0 Å². The van der Waals surface area contributed by atoms with Crippen molar-refractivity contribution in [2.45, 2.75) is 20.8 Å². The average Bonchev–Trinajstić information content (AvgIpc) is 2.01. The van der Waals surface area contributed by atoms with Crippen molar-refractivity contribution in [1.82, 2.24) is 6.15 Å². The zero-order valence-corrected chi connectivity index (χ0v) is 12.3. The van der Waals surface area contributed by atoms with E-state index in [-0.39, 0.29) is 6.15 Å². The highest BCUT2D eigenvalue weighted by atomic mass is 32.3. The normalized spacial score (nSPS) is 10.4. The maximum atomic E-state index is 10.1. The van der Waals surface area contributed by atoms with Crippen molar-refractivity contribution in [3.05, 3.63) is 0 Å². The van der Waals surface area contributed by atoms with E-state index in [0.29, 0.717) is 0 Å². The fraction of sp³-hybridized carbons (Fsp3) is 1.00. The Kier molecular flexibility index (Phi) is 19.0. The van der Waals surface area contributed by atoms with Crippen molar-refractivity contribution in [3.63, 3.8) is 0 Å². The highest BCUT2D eigenvalue weighted by Crippen LogP contribution is 1.74. The summed E-state index contributed by atoms with van der Waals surface area (Å²) in [6.07, 6.45) is 0. The first kappa shape index (κ1) is 26.2. The molecular formula is C6H20F2N2O6S2. The highest BCUT2D eigenvalue weighted by Gasteiger charge is 1.92. The van der Waals surface area contributed by atoms with Crippen LogP contribution in [0, 0.1) is 0 Å². The molecule has 12 heteroatoms. The summed E-state index contributed by atoms with van der Waals surface area (Å²) in [6.45, 7) is 10.5. The second-order valence-electron chi connectivity index (χ2n) is 2.60. The van der Waals surface area contributed by atoms with Gasteiger partial charge in [0, 0.05) is 0 Å². The van der Waals surface area contributed by atoms with Crippen molar-refractivity contribution < 1.29 is 38.6 Å². The van der Waals surface area contributed by atoms with Gasteiger partial charge in [0.05, 0.1) is 19.6 Å². The Morgan fingerprint density at radius 3 is 0.944 bits per heavy atom. The van der Waals surface area contributed by atoms with Gasteiger partial charge in [-0.1, -0.05) is 0 Å². The van der Waals surface area contributed by atoms with Crippen LogP contribution in [0.2, 0.25) is 0 Å². The number of hydrogen-bond donors (Lipinski definition) is 2. The molecule has 0 aromatic carbocycles. The molecule has 0 unspecified atom stereocenters. The van der Waals surface area contributed by atoms with Gasteiger partial charge in [-0.25, -0.2) is 16.8 Å². The molecule has 0 rings (SSSR count). The molecule has 0 atom stereocenters. The zero-order chi connectivity index (χ0) is 14.7. The van der Waals surface area contributed by atoms with E-state index in [1.165, 1.54) is 19.6 Å². The number of hydrogen-bond acceptors (Lipinski definition) is 6. The summed E-state index contributed by atoms with van der Waals surface area (Å²) in [5.41, 5.74) is 0. The summed E-state index contributed by atoms with van der Waals surface area (Å²) in [5.74, 6) is 0. The quantitative estimate of drug-likeness (QED) is 0.509. The maximum absolute atomic E-state index is 10.1. The second-order valence-corrected chi connectivity index (χ2v) is 4.17. The van der Waals surface area contributed by atoms with Crippen LogP contribution in [-0.4, -0.2) is 45.6 Å². The lowest BCUT2D eigenvalue weighted by Crippen LogP contribution is -3.11. The van der Waals surface area contributed by atoms with E-state index >= 15 is 0 Å². The minimum absolute atomic E-state index is 0. The molecule has 0 aliphatic rings. The second kappa shape index (κ2) is 13.0. The molecule has 0 radical (unpaired) electrons. The summed E-state index contributed by atoms with van der Waals surface area (Å²) in [6, 6.07) is 0. The summed E-state index contributed by atoms with van der Waals surface area (Å²) < 4.78 is 70.7. The lowest BCUT2D eigenvalue weighted by atomic mass is 10.5. The van der Waals surface area contributed by atoms with Crippen molar-refractivity contribution in [3.8, 4) is 0 Å². The molecule has 116 valence electrons. The molecule has 18 heavy (non-hydrogen) atoms. The zero-order valence-electron chi connectivity index (χ0n) is 10.6. The predicted octanol–water partition coefficient (Wildman–Crippen LogP) is -0.861. The van der Waals surface area contributed by atoms with E-state index < -0.39 is 21.0 Å². The predicted molar refractivity (Wildman–Crippen MR) is 60.2 cm³/mol. The van der Waals surface area contributed by atoms with Crippen LogP contribution >= 0.6 is 0 Å². The first-order chi connectivity index (χ1) is 7.35. The van der Waals surface area contributed by atoms with Crippen LogP contribution in [0.15, 0.2) is 0 Å². The lowest BCUT2D eigenvalue weighted by Gasteiger charge is -2.10. The SMILES string of the molecule is CC[NH+](CC)CC.O=S(=O)([O-])F.O=S(=O)([O-])F.[NH4+]. The first-order valence-corrected chi connectivity index (χ1v) is 7.11. The van der Waals surface area contributed by atoms with Gasteiger partial charge in [0.2, 0.25) is 0 Å². The summed E-state index contributed by atoms with van der Waals surface area (Å²) >= 11 is 0. The summed E-state index contributed by atoms with van der Waals surface area (Å²) in [5, 5.41) is 0. The number of quaternary nitrogens is 2. The molecule has 0 bridgehead atoms. The van der Waals surface area contributed by atoms with Gasteiger partial charge < -0.3 is 20.2 Å². The molecule has 0 aliphatic carbocycles. The van der Waals surface area contributed by atoms with Gasteiger partial charge in [0.15, 0.2) is 0 Å². The monoisotopic (exact) mass is 318 g/mol. The van der Waals surface area contributed by atoms with Crippen LogP contribution in [0.1, 0.15) is 20.8 Å². The van der Waals surface area contributed by atoms with E-state index in [0.717, 1.165) is 0 Å². The number of rotatable bonds is 3. The molecule has 0 spiro atoms. The van der Waals surface area contributed by atoms with Gasteiger partial charge in [-0.05, 0) is 20.8 Å². The third-order valence-corrected chi connectivity index (χ3v) is 1.50. The molecule has 5 N–H and O–H groups in total. The molecule has 0 aliphatic heterocycles. The van der Waals surface area contributed by atoms with Crippen molar-refractivity contribution in [1.29, 1.82) is 0 Å². The molecule has 0 heterocycles. The molecule has 0 aromatic heterocycles. The van der Waals surface area contributed by atoms with E-state index in [9.17, 15) is 7.77 Å². The van der Waals surface area contributed by atoms with Crippen LogP contribution < -0.4 is 11.1 Å². The van der Waals surface area contributed by atoms with Gasteiger partial charge >= 0.3 is 0 Å². The van der Waals surface area contributed by atoms with E-state index in [4.69, 9.17) is 25.9 Å². The van der Waals surface area contributed by atoms with Gasteiger partial charge in [0.25, 0.3) is 21.0 Å². The van der Waals surface area contributed by atoms with Crippen LogP contribution in [-0.2, 0) is 21.0 Å². The third-order valence-electron chi connectivity index (χ3n) is 1.50. The lowest BCUT2D eigenvalue weighted by molar-refractivity contribution is -0.894. The van der Waals surface area contributed by atoms with Gasteiger partial charge in [-0.2, -0.15) is 0 Å². The summed E-state index contributed by atoms with van der Waals surface area (Å²) in [4.78, 5) is 1.68. The van der Waals surface area contributed by atoms with E-state index in [1.807, 2.05) is 0 Å². The molecule has 8 nitrogen and oxygen atoms in total. The first-order valence-electron chi connectivity index (χ1n) is 4.49. The Labute approximate surface area is 107 Å². The van der Waals surface area contributed by atoms with Crippen LogP contribution in [0.3, 0.4) is 0 Å². The number of nitrogens with one attached hydrogen (secondary N) is 1. The Hall–Kier alpha value is -0.400. The van der Waals surface area contributed by atoms with Gasteiger partial charge in [0.1, 0.15) is 0 Å². The molecule has 0 saturated carbocycles. The third kappa shape index (κ3) is 106. The molecular weight excluding hydrogens is 298 g/mol. The smallest absolute Gasteiger partial charge is 0.255 e. The fourth-order valence-electron chi connectivity index (χ4n) is 0.750. The fourth-order valence-corrected chi connectivity index (χ4v) is 0.750. The largest absolute Gasteiger partial charge is 0.722 e. The van der Waals surface area contributed by atoms with Crippen molar-refractivity contribution in [2.24, 2.45) is 0 Å². The Balaban J connectivity index is -0.0000000813. The molecule has 0 saturated heterocycles. The standard InChI is InChI=1S/C6H15N.2FHO3S.H3N/c1-4-7(5-2)6-3;2*1-5(2,3)4;/h4-6H2,1-3H3;2*(H,2,3,4);1H3. The van der Waals surface area contributed by atoms with Crippen LogP contribution in [0.25, 0.3) is 0 Å². The molecule has 0 aromatic rings. The maximum Gasteiger partial charge on any atom is 0.255 e. The van der Waals surface area contributed by atoms with Gasteiger partial charge in [-0.15, -0.1) is 7.77 Å². The minimum atomic E-state index is -5.42. The molecule has 0 fully saturated rings. The topological polar surface area (TPSA) is 155 Å². The van der Waals surface area contributed by atoms with E-state index in [1.54, 1.807) is 4.90 Å². The minimum Gasteiger partial charge on any atom is -0.722 e. The summed E-state index contributed by atoms with van der Waals surface area (Å²) in [7, 11) is -10.8. The molecule has 0 amide bonds. The van der Waals surface area contributed by atoms with Crippen LogP contribution in [0.5, 0.6) is 0 Å². The van der Waals surface area contributed by atoms with Crippen LogP contribution in [0.4, 0.5) is 7.77 Å². The van der Waals surface area contributed by atoms with Gasteiger partial charge in [-0.3, -0.25) is 0 Å². The number of halogens is 2. The highest BCUT2D eigenvalue weighted by molar-refractivity contribution is 7.80. The van der Waals surface area contributed by atoms with E-state index in [2.05, 4.69) is 20.8 Å². The Morgan fingerprint density at radius 2 is 0.944 bits per heavy atom. The average molecular weight is 318 g/mol.